The number of rotatable bonds is 3. The summed E-state index contributed by atoms with van der Waals surface area (Å²) in [4.78, 5) is 15.3. The highest BCUT2D eigenvalue weighted by Gasteiger charge is 2.17. The van der Waals surface area contributed by atoms with Gasteiger partial charge in [-0.25, -0.2) is 0 Å². The number of aliphatic hydroxyl groups excluding tert-OH is 1. The second kappa shape index (κ2) is 5.95. The van der Waals surface area contributed by atoms with Crippen LogP contribution in [0.25, 0.3) is 0 Å². The highest BCUT2D eigenvalue weighted by atomic mass is 16.3. The molecule has 3 N–H and O–H groups in total. The minimum Gasteiger partial charge on any atom is -0.395 e. The molecule has 1 saturated heterocycles. The molecule has 0 aromatic rings. The standard InChI is InChI=1S/C9H19N3O2/c10-8-9(14)12-3-1-2-11(4-5-12)6-7-13/h13H,1-8,10H2. The van der Waals surface area contributed by atoms with Gasteiger partial charge in [0, 0.05) is 26.2 Å². The first-order valence-electron chi connectivity index (χ1n) is 5.09. The lowest BCUT2D eigenvalue weighted by Gasteiger charge is -2.20. The lowest BCUT2D eigenvalue weighted by molar-refractivity contribution is -0.129. The molecule has 0 aliphatic carbocycles. The number of carbonyl (C=O) groups is 1. The molecule has 1 rings (SSSR count). The molecule has 14 heavy (non-hydrogen) atoms. The molecule has 1 aliphatic rings. The first kappa shape index (κ1) is 11.4. The van der Waals surface area contributed by atoms with E-state index in [2.05, 4.69) is 4.90 Å². The van der Waals surface area contributed by atoms with Crippen LogP contribution in [0.4, 0.5) is 0 Å². The van der Waals surface area contributed by atoms with Gasteiger partial charge in [-0.15, -0.1) is 0 Å². The van der Waals surface area contributed by atoms with Crippen LogP contribution in [0.5, 0.6) is 0 Å². The van der Waals surface area contributed by atoms with E-state index < -0.39 is 0 Å². The molecular weight excluding hydrogens is 182 g/mol. The molecule has 5 nitrogen and oxygen atoms in total. The van der Waals surface area contributed by atoms with Crippen molar-refractivity contribution in [3.63, 3.8) is 0 Å². The van der Waals surface area contributed by atoms with E-state index in [1.165, 1.54) is 0 Å². The Labute approximate surface area is 84.5 Å². The minimum atomic E-state index is 0.0239. The van der Waals surface area contributed by atoms with Crippen molar-refractivity contribution in [1.29, 1.82) is 0 Å². The Balaban J connectivity index is 2.36. The maximum atomic E-state index is 11.3. The van der Waals surface area contributed by atoms with Gasteiger partial charge in [-0.2, -0.15) is 0 Å². The summed E-state index contributed by atoms with van der Waals surface area (Å²) in [5.41, 5.74) is 5.30. The smallest absolute Gasteiger partial charge is 0.236 e. The van der Waals surface area contributed by atoms with Crippen molar-refractivity contribution in [3.8, 4) is 0 Å². The van der Waals surface area contributed by atoms with E-state index in [1.807, 2.05) is 0 Å². The van der Waals surface area contributed by atoms with Crippen molar-refractivity contribution in [2.75, 3.05) is 45.9 Å². The molecule has 1 amide bonds. The number of hydrogen-bond acceptors (Lipinski definition) is 4. The zero-order chi connectivity index (χ0) is 10.4. The van der Waals surface area contributed by atoms with Crippen LogP contribution >= 0.6 is 0 Å². The second-order valence-corrected chi connectivity index (χ2v) is 3.50. The number of nitrogens with two attached hydrogens (primary N) is 1. The summed E-state index contributed by atoms with van der Waals surface area (Å²) in [6.45, 7) is 4.30. The molecule has 0 aromatic carbocycles. The van der Waals surface area contributed by atoms with Crippen LogP contribution in [0.3, 0.4) is 0 Å². The SMILES string of the molecule is NCC(=O)N1CCCN(CCO)CC1. The molecule has 0 aromatic heterocycles. The van der Waals surface area contributed by atoms with Gasteiger partial charge in [0.25, 0.3) is 0 Å². The van der Waals surface area contributed by atoms with E-state index in [9.17, 15) is 4.79 Å². The molecule has 0 saturated carbocycles. The molecule has 82 valence electrons. The van der Waals surface area contributed by atoms with Crippen LogP contribution in [-0.2, 0) is 4.79 Å². The number of carbonyl (C=O) groups excluding carboxylic acids is 1. The van der Waals surface area contributed by atoms with Crippen LogP contribution in [-0.4, -0.2) is 66.7 Å². The first-order valence-corrected chi connectivity index (χ1v) is 5.09. The zero-order valence-electron chi connectivity index (χ0n) is 8.48. The summed E-state index contributed by atoms with van der Waals surface area (Å²) in [5.74, 6) is 0.0239. The van der Waals surface area contributed by atoms with E-state index in [0.29, 0.717) is 6.54 Å². The van der Waals surface area contributed by atoms with Gasteiger partial charge >= 0.3 is 0 Å². The monoisotopic (exact) mass is 201 g/mol. The van der Waals surface area contributed by atoms with Gasteiger partial charge in [0.05, 0.1) is 13.2 Å². The third-order valence-electron chi connectivity index (χ3n) is 2.53. The quantitative estimate of drug-likeness (QED) is 0.581. The van der Waals surface area contributed by atoms with Gasteiger partial charge < -0.3 is 15.7 Å². The van der Waals surface area contributed by atoms with Crippen LogP contribution in [0.1, 0.15) is 6.42 Å². The zero-order valence-corrected chi connectivity index (χ0v) is 8.48. The lowest BCUT2D eigenvalue weighted by atomic mass is 10.3. The Kier molecular flexibility index (Phi) is 4.86. The number of nitrogens with zero attached hydrogens (tertiary/aromatic N) is 2. The first-order chi connectivity index (χ1) is 6.77. The molecule has 0 unspecified atom stereocenters. The summed E-state index contributed by atoms with van der Waals surface area (Å²) >= 11 is 0. The van der Waals surface area contributed by atoms with Gasteiger partial charge in [-0.3, -0.25) is 9.69 Å². The van der Waals surface area contributed by atoms with Crippen molar-refractivity contribution in [3.05, 3.63) is 0 Å². The minimum absolute atomic E-state index is 0.0239. The number of amides is 1. The van der Waals surface area contributed by atoms with E-state index in [-0.39, 0.29) is 19.1 Å². The lowest BCUT2D eigenvalue weighted by Crippen LogP contribution is -2.39. The highest BCUT2D eigenvalue weighted by Crippen LogP contribution is 2.02. The maximum Gasteiger partial charge on any atom is 0.236 e. The van der Waals surface area contributed by atoms with Gasteiger partial charge in [0.2, 0.25) is 5.91 Å². The molecule has 0 bridgehead atoms. The van der Waals surface area contributed by atoms with Crippen molar-refractivity contribution in [2.24, 2.45) is 5.73 Å². The van der Waals surface area contributed by atoms with Crippen molar-refractivity contribution in [1.82, 2.24) is 9.80 Å². The Morgan fingerprint density at radius 2 is 2.07 bits per heavy atom. The van der Waals surface area contributed by atoms with E-state index in [1.54, 1.807) is 4.90 Å². The summed E-state index contributed by atoms with van der Waals surface area (Å²) in [5, 5.41) is 8.79. The summed E-state index contributed by atoms with van der Waals surface area (Å²) in [7, 11) is 0. The van der Waals surface area contributed by atoms with Crippen LogP contribution in [0.15, 0.2) is 0 Å². The molecule has 0 spiro atoms. The summed E-state index contributed by atoms with van der Waals surface area (Å²) < 4.78 is 0. The summed E-state index contributed by atoms with van der Waals surface area (Å²) in [6, 6.07) is 0. The predicted octanol–water partition coefficient (Wildman–Crippen LogP) is -1.53. The Bertz CT molecular complexity index is 187. The number of β-amino-alcohol motifs (C(OH)–C–C–N with tert-alkyl or cyclic N) is 1. The highest BCUT2D eigenvalue weighted by molar-refractivity contribution is 5.78. The maximum absolute atomic E-state index is 11.3. The molecule has 1 aliphatic heterocycles. The van der Waals surface area contributed by atoms with Crippen LogP contribution in [0.2, 0.25) is 0 Å². The second-order valence-electron chi connectivity index (χ2n) is 3.50. The molecule has 0 atom stereocenters. The van der Waals surface area contributed by atoms with E-state index >= 15 is 0 Å². The van der Waals surface area contributed by atoms with Crippen LogP contribution in [0, 0.1) is 0 Å². The van der Waals surface area contributed by atoms with Crippen molar-refractivity contribution >= 4 is 5.91 Å². The largest absolute Gasteiger partial charge is 0.395 e. The fourth-order valence-corrected chi connectivity index (χ4v) is 1.71. The average molecular weight is 201 g/mol. The van der Waals surface area contributed by atoms with Gasteiger partial charge in [-0.05, 0) is 13.0 Å². The van der Waals surface area contributed by atoms with E-state index in [0.717, 1.165) is 32.6 Å². The number of hydrogen-bond donors (Lipinski definition) is 2. The fourth-order valence-electron chi connectivity index (χ4n) is 1.71. The van der Waals surface area contributed by atoms with Gasteiger partial charge in [0.1, 0.15) is 0 Å². The third-order valence-corrected chi connectivity index (χ3v) is 2.53. The molecular formula is C9H19N3O2. The Hall–Kier alpha value is -0.650. The normalized spacial score (nSPS) is 19.4. The molecule has 1 heterocycles. The molecule has 5 heteroatoms. The third kappa shape index (κ3) is 3.25. The average Bonchev–Trinajstić information content (AvgIpc) is 2.43. The van der Waals surface area contributed by atoms with Gasteiger partial charge in [-0.1, -0.05) is 0 Å². The fraction of sp³-hybridized carbons (Fsp3) is 0.889. The van der Waals surface area contributed by atoms with Gasteiger partial charge in [0.15, 0.2) is 0 Å². The predicted molar refractivity (Wildman–Crippen MR) is 53.8 cm³/mol. The summed E-state index contributed by atoms with van der Waals surface area (Å²) in [6.07, 6.45) is 0.964. The van der Waals surface area contributed by atoms with Crippen LogP contribution < -0.4 is 5.73 Å². The van der Waals surface area contributed by atoms with E-state index in [4.69, 9.17) is 10.8 Å². The molecule has 1 fully saturated rings. The Morgan fingerprint density at radius 1 is 1.29 bits per heavy atom. The number of aliphatic hydroxyl groups is 1. The van der Waals surface area contributed by atoms with Crippen molar-refractivity contribution in [2.45, 2.75) is 6.42 Å². The molecule has 0 radical (unpaired) electrons. The van der Waals surface area contributed by atoms with Crippen molar-refractivity contribution < 1.29 is 9.90 Å². The Morgan fingerprint density at radius 3 is 2.71 bits per heavy atom. The topological polar surface area (TPSA) is 69.8 Å².